The molecule has 0 spiro atoms. The minimum Gasteiger partial charge on any atom is -0.342 e. The van der Waals surface area contributed by atoms with E-state index in [-0.39, 0.29) is 5.92 Å². The molecule has 0 saturated carbocycles. The lowest BCUT2D eigenvalue weighted by Gasteiger charge is -2.05. The molecule has 0 saturated heterocycles. The van der Waals surface area contributed by atoms with Gasteiger partial charge in [-0.05, 0) is 31.2 Å². The molecule has 2 aromatic rings. The van der Waals surface area contributed by atoms with Crippen LogP contribution in [0.25, 0.3) is 11.3 Å². The lowest BCUT2D eigenvalue weighted by atomic mass is 10.1. The van der Waals surface area contributed by atoms with Crippen molar-refractivity contribution in [2.45, 2.75) is 19.3 Å². The standard InChI is InChI=1S/C13H15F2N3/c1-8(4-5-16)13-17-7-12(18-13)9-2-3-10(14)11(15)6-9/h2-3,6-8H,4-5,16H2,1H3,(H,17,18). The quantitative estimate of drug-likeness (QED) is 0.877. The highest BCUT2D eigenvalue weighted by Gasteiger charge is 2.11. The predicted octanol–water partition coefficient (Wildman–Crippen LogP) is 2.81. The average molecular weight is 251 g/mol. The van der Waals surface area contributed by atoms with Gasteiger partial charge in [0.1, 0.15) is 5.82 Å². The van der Waals surface area contributed by atoms with E-state index >= 15 is 0 Å². The van der Waals surface area contributed by atoms with E-state index < -0.39 is 11.6 Å². The van der Waals surface area contributed by atoms with Crippen molar-refractivity contribution in [1.29, 1.82) is 0 Å². The first-order valence-corrected chi connectivity index (χ1v) is 5.82. The van der Waals surface area contributed by atoms with Crippen LogP contribution in [0.5, 0.6) is 0 Å². The molecule has 2 rings (SSSR count). The van der Waals surface area contributed by atoms with Crippen molar-refractivity contribution < 1.29 is 8.78 Å². The molecule has 18 heavy (non-hydrogen) atoms. The predicted molar refractivity (Wildman–Crippen MR) is 66.0 cm³/mol. The third-order valence-corrected chi connectivity index (χ3v) is 2.89. The first-order valence-electron chi connectivity index (χ1n) is 5.82. The van der Waals surface area contributed by atoms with Crippen molar-refractivity contribution in [3.05, 3.63) is 41.9 Å². The van der Waals surface area contributed by atoms with Gasteiger partial charge in [-0.15, -0.1) is 0 Å². The van der Waals surface area contributed by atoms with E-state index in [1.165, 1.54) is 6.07 Å². The number of nitrogens with one attached hydrogen (secondary N) is 1. The van der Waals surface area contributed by atoms with Crippen LogP contribution in [0.1, 0.15) is 25.1 Å². The fraction of sp³-hybridized carbons (Fsp3) is 0.308. The van der Waals surface area contributed by atoms with E-state index in [0.29, 0.717) is 17.8 Å². The number of aromatic nitrogens is 2. The van der Waals surface area contributed by atoms with Gasteiger partial charge in [-0.2, -0.15) is 0 Å². The number of benzene rings is 1. The summed E-state index contributed by atoms with van der Waals surface area (Å²) in [6.45, 7) is 2.60. The summed E-state index contributed by atoms with van der Waals surface area (Å²) in [7, 11) is 0. The number of nitrogens with zero attached hydrogens (tertiary/aromatic N) is 1. The molecule has 0 fully saturated rings. The Bertz CT molecular complexity index is 537. The molecule has 1 atom stereocenters. The van der Waals surface area contributed by atoms with Gasteiger partial charge in [-0.25, -0.2) is 13.8 Å². The Kier molecular flexibility index (Phi) is 3.72. The van der Waals surface area contributed by atoms with Crippen LogP contribution in [-0.2, 0) is 0 Å². The van der Waals surface area contributed by atoms with E-state index in [1.807, 2.05) is 6.92 Å². The van der Waals surface area contributed by atoms with Crippen molar-refractivity contribution in [2.24, 2.45) is 5.73 Å². The summed E-state index contributed by atoms with van der Waals surface area (Å²) >= 11 is 0. The van der Waals surface area contributed by atoms with Crippen LogP contribution in [-0.4, -0.2) is 16.5 Å². The minimum atomic E-state index is -0.862. The van der Waals surface area contributed by atoms with Gasteiger partial charge < -0.3 is 10.7 Å². The Morgan fingerprint density at radius 1 is 1.33 bits per heavy atom. The number of hydrogen-bond acceptors (Lipinski definition) is 2. The first-order chi connectivity index (χ1) is 8.61. The molecule has 5 heteroatoms. The lowest BCUT2D eigenvalue weighted by molar-refractivity contribution is 0.509. The van der Waals surface area contributed by atoms with Gasteiger partial charge in [-0.1, -0.05) is 6.92 Å². The number of nitrogens with two attached hydrogens (primary N) is 1. The van der Waals surface area contributed by atoms with E-state index in [1.54, 1.807) is 6.20 Å². The lowest BCUT2D eigenvalue weighted by Crippen LogP contribution is -2.05. The first kappa shape index (κ1) is 12.7. The maximum Gasteiger partial charge on any atom is 0.159 e. The third kappa shape index (κ3) is 2.56. The van der Waals surface area contributed by atoms with Gasteiger partial charge in [0.25, 0.3) is 0 Å². The number of imidazole rings is 1. The van der Waals surface area contributed by atoms with Crippen molar-refractivity contribution in [2.75, 3.05) is 6.54 Å². The van der Waals surface area contributed by atoms with Gasteiger partial charge in [0, 0.05) is 11.5 Å². The highest BCUT2D eigenvalue weighted by atomic mass is 19.2. The molecule has 0 aliphatic rings. The molecule has 1 aromatic carbocycles. The molecule has 1 unspecified atom stereocenters. The number of halogens is 2. The second-order valence-electron chi connectivity index (χ2n) is 4.29. The van der Waals surface area contributed by atoms with Crippen molar-refractivity contribution in [1.82, 2.24) is 9.97 Å². The van der Waals surface area contributed by atoms with E-state index in [9.17, 15) is 8.78 Å². The van der Waals surface area contributed by atoms with Gasteiger partial charge in [0.15, 0.2) is 11.6 Å². The minimum absolute atomic E-state index is 0.217. The fourth-order valence-electron chi connectivity index (χ4n) is 1.78. The van der Waals surface area contributed by atoms with E-state index in [4.69, 9.17) is 5.73 Å². The molecule has 0 amide bonds. The summed E-state index contributed by atoms with van der Waals surface area (Å²) in [5.74, 6) is -0.692. The van der Waals surface area contributed by atoms with Crippen LogP contribution in [0, 0.1) is 11.6 Å². The smallest absolute Gasteiger partial charge is 0.159 e. The van der Waals surface area contributed by atoms with Crippen LogP contribution in [0.3, 0.4) is 0 Å². The maximum absolute atomic E-state index is 13.1. The highest BCUT2D eigenvalue weighted by Crippen LogP contribution is 2.22. The highest BCUT2D eigenvalue weighted by molar-refractivity contribution is 5.58. The molecular weight excluding hydrogens is 236 g/mol. The van der Waals surface area contributed by atoms with Crippen molar-refractivity contribution >= 4 is 0 Å². The third-order valence-electron chi connectivity index (χ3n) is 2.89. The zero-order chi connectivity index (χ0) is 13.1. The Hall–Kier alpha value is -1.75. The number of rotatable bonds is 4. The van der Waals surface area contributed by atoms with Gasteiger partial charge in [0.2, 0.25) is 0 Å². The van der Waals surface area contributed by atoms with Crippen molar-refractivity contribution in [3.8, 4) is 11.3 Å². The Morgan fingerprint density at radius 3 is 2.78 bits per heavy atom. The van der Waals surface area contributed by atoms with Crippen LogP contribution in [0.4, 0.5) is 8.78 Å². The van der Waals surface area contributed by atoms with E-state index in [0.717, 1.165) is 24.4 Å². The molecule has 0 radical (unpaired) electrons. The van der Waals surface area contributed by atoms with Crippen LogP contribution < -0.4 is 5.73 Å². The second-order valence-corrected chi connectivity index (χ2v) is 4.29. The zero-order valence-corrected chi connectivity index (χ0v) is 10.1. The summed E-state index contributed by atoms with van der Waals surface area (Å²) in [5.41, 5.74) is 6.74. The summed E-state index contributed by atoms with van der Waals surface area (Å²) in [5, 5.41) is 0. The van der Waals surface area contributed by atoms with Crippen LogP contribution in [0.15, 0.2) is 24.4 Å². The summed E-state index contributed by atoms with van der Waals surface area (Å²) in [4.78, 5) is 7.34. The number of hydrogen-bond donors (Lipinski definition) is 2. The molecule has 0 aliphatic heterocycles. The van der Waals surface area contributed by atoms with Crippen LogP contribution in [0.2, 0.25) is 0 Å². The fourth-order valence-corrected chi connectivity index (χ4v) is 1.78. The Morgan fingerprint density at radius 2 is 2.11 bits per heavy atom. The Labute approximate surface area is 104 Å². The average Bonchev–Trinajstić information content (AvgIpc) is 2.82. The largest absolute Gasteiger partial charge is 0.342 e. The summed E-state index contributed by atoms with van der Waals surface area (Å²) < 4.78 is 26.0. The molecule has 3 nitrogen and oxygen atoms in total. The second kappa shape index (κ2) is 5.27. The van der Waals surface area contributed by atoms with Gasteiger partial charge in [0.05, 0.1) is 11.9 Å². The zero-order valence-electron chi connectivity index (χ0n) is 10.1. The van der Waals surface area contributed by atoms with E-state index in [2.05, 4.69) is 9.97 Å². The Balaban J connectivity index is 2.26. The molecule has 96 valence electrons. The molecule has 0 aliphatic carbocycles. The van der Waals surface area contributed by atoms with Crippen LogP contribution >= 0.6 is 0 Å². The topological polar surface area (TPSA) is 54.7 Å². The van der Waals surface area contributed by atoms with Crippen molar-refractivity contribution in [3.63, 3.8) is 0 Å². The normalized spacial score (nSPS) is 12.7. The SMILES string of the molecule is CC(CCN)c1ncc(-c2ccc(F)c(F)c2)[nH]1. The molecule has 3 N–H and O–H groups in total. The molecule has 1 heterocycles. The summed E-state index contributed by atoms with van der Waals surface area (Å²) in [6, 6.07) is 3.78. The van der Waals surface area contributed by atoms with Gasteiger partial charge >= 0.3 is 0 Å². The molecular formula is C13H15F2N3. The number of H-pyrrole nitrogens is 1. The molecule has 0 bridgehead atoms. The maximum atomic E-state index is 13.1. The molecule has 1 aromatic heterocycles. The number of aromatic amines is 1. The van der Waals surface area contributed by atoms with Gasteiger partial charge in [-0.3, -0.25) is 0 Å². The monoisotopic (exact) mass is 251 g/mol. The summed E-state index contributed by atoms with van der Waals surface area (Å²) in [6.07, 6.45) is 2.44.